The van der Waals surface area contributed by atoms with E-state index in [9.17, 15) is 9.90 Å². The van der Waals surface area contributed by atoms with Crippen molar-refractivity contribution in [2.75, 3.05) is 0 Å². The van der Waals surface area contributed by atoms with Crippen molar-refractivity contribution in [1.29, 1.82) is 0 Å². The monoisotopic (exact) mass is 270 g/mol. The van der Waals surface area contributed by atoms with Crippen LogP contribution < -0.4 is 9.67 Å². The number of aliphatic hydroxyl groups excluding tert-OH is 1. The standard InChI is InChI=1S/C11H21N2.C3H6O3/c1-3-5-7-12-9-10-13(11-12)8-6-4-2;1-2(4)3(5)6/h9-11H,3-8H2,1-2H3;2,4H,1H3,(H,5,6)/q+1;/p-1. The summed E-state index contributed by atoms with van der Waals surface area (Å²) in [6.45, 7) is 7.92. The highest BCUT2D eigenvalue weighted by Gasteiger charge is 2.01. The number of carboxylic acids is 1. The first-order valence-electron chi connectivity index (χ1n) is 6.95. The Morgan fingerprint density at radius 1 is 1.37 bits per heavy atom. The topological polar surface area (TPSA) is 69.2 Å². The minimum absolute atomic E-state index is 1.13. The Morgan fingerprint density at radius 2 is 1.95 bits per heavy atom. The van der Waals surface area contributed by atoms with E-state index in [0.717, 1.165) is 20.0 Å². The third-order valence-corrected chi connectivity index (χ3v) is 2.63. The van der Waals surface area contributed by atoms with Crippen LogP contribution >= 0.6 is 0 Å². The molecule has 0 saturated heterocycles. The Balaban J connectivity index is 0.000000459. The molecule has 1 aromatic rings. The van der Waals surface area contributed by atoms with Crippen molar-refractivity contribution in [3.63, 3.8) is 0 Å². The fraction of sp³-hybridized carbons (Fsp3) is 0.714. The highest BCUT2D eigenvalue weighted by molar-refractivity contribution is 5.68. The molecule has 0 fully saturated rings. The van der Waals surface area contributed by atoms with Crippen molar-refractivity contribution in [3.05, 3.63) is 18.7 Å². The van der Waals surface area contributed by atoms with Crippen molar-refractivity contribution >= 4 is 5.97 Å². The van der Waals surface area contributed by atoms with Crippen LogP contribution in [0.5, 0.6) is 0 Å². The maximum absolute atomic E-state index is 9.34. The molecule has 0 bridgehead atoms. The molecule has 19 heavy (non-hydrogen) atoms. The minimum atomic E-state index is -1.44. The van der Waals surface area contributed by atoms with Gasteiger partial charge in [-0.2, -0.15) is 0 Å². The third kappa shape index (κ3) is 9.25. The Kier molecular flexibility index (Phi) is 9.80. The highest BCUT2D eigenvalue weighted by Crippen LogP contribution is 1.93. The maximum atomic E-state index is 9.34. The summed E-state index contributed by atoms with van der Waals surface area (Å²) in [5.74, 6) is -1.44. The summed E-state index contributed by atoms with van der Waals surface area (Å²) in [6.07, 6.45) is 10.3. The molecule has 0 aliphatic heterocycles. The summed E-state index contributed by atoms with van der Waals surface area (Å²) in [4.78, 5) is 9.34. The average Bonchev–Trinajstić information content (AvgIpc) is 2.82. The predicted molar refractivity (Wildman–Crippen MR) is 71.1 cm³/mol. The number of carboxylic acid groups (broad SMARTS) is 1. The van der Waals surface area contributed by atoms with E-state index in [-0.39, 0.29) is 0 Å². The second-order valence-electron chi connectivity index (χ2n) is 4.59. The second-order valence-corrected chi connectivity index (χ2v) is 4.59. The molecule has 0 radical (unpaired) electrons. The zero-order valence-corrected chi connectivity index (χ0v) is 12.2. The van der Waals surface area contributed by atoms with E-state index < -0.39 is 12.1 Å². The number of hydrogen-bond acceptors (Lipinski definition) is 3. The molecule has 5 heteroatoms. The van der Waals surface area contributed by atoms with Crippen molar-refractivity contribution in [1.82, 2.24) is 4.57 Å². The van der Waals surface area contributed by atoms with Crippen molar-refractivity contribution in [3.8, 4) is 0 Å². The number of aromatic nitrogens is 2. The molecule has 1 unspecified atom stereocenters. The number of aryl methyl sites for hydroxylation is 2. The van der Waals surface area contributed by atoms with E-state index in [1.807, 2.05) is 0 Å². The normalized spacial score (nSPS) is 11.6. The number of carbonyl (C=O) groups is 1. The number of hydrogen-bond donors (Lipinski definition) is 1. The summed E-state index contributed by atoms with van der Waals surface area (Å²) in [5.41, 5.74) is 0. The fourth-order valence-electron chi connectivity index (χ4n) is 1.38. The quantitative estimate of drug-likeness (QED) is 0.733. The Hall–Kier alpha value is -1.36. The lowest BCUT2D eigenvalue weighted by atomic mass is 10.3. The van der Waals surface area contributed by atoms with Crippen molar-refractivity contribution in [2.45, 2.75) is 65.6 Å². The number of aliphatic carboxylic acids is 1. The Bertz CT molecular complexity index is 326. The molecular weight excluding hydrogens is 244 g/mol. The average molecular weight is 270 g/mol. The van der Waals surface area contributed by atoms with Gasteiger partial charge in [-0.3, -0.25) is 0 Å². The van der Waals surface area contributed by atoms with Gasteiger partial charge in [0.05, 0.1) is 25.2 Å². The Labute approximate surface area is 115 Å². The molecule has 1 aromatic heterocycles. The van der Waals surface area contributed by atoms with E-state index in [1.165, 1.54) is 25.7 Å². The van der Waals surface area contributed by atoms with E-state index in [1.54, 1.807) is 0 Å². The minimum Gasteiger partial charge on any atom is -0.547 e. The molecule has 0 aliphatic carbocycles. The van der Waals surface area contributed by atoms with Crippen LogP contribution in [0.4, 0.5) is 0 Å². The van der Waals surface area contributed by atoms with Gasteiger partial charge < -0.3 is 15.0 Å². The number of rotatable bonds is 7. The third-order valence-electron chi connectivity index (χ3n) is 2.63. The van der Waals surface area contributed by atoms with E-state index in [4.69, 9.17) is 5.11 Å². The van der Waals surface area contributed by atoms with Gasteiger partial charge in [0.15, 0.2) is 0 Å². The van der Waals surface area contributed by atoms with Gasteiger partial charge in [-0.15, -0.1) is 0 Å². The van der Waals surface area contributed by atoms with Gasteiger partial charge in [-0.05, 0) is 19.8 Å². The van der Waals surface area contributed by atoms with Crippen LogP contribution in [0.15, 0.2) is 18.7 Å². The van der Waals surface area contributed by atoms with Gasteiger partial charge in [0.1, 0.15) is 12.4 Å². The van der Waals surface area contributed by atoms with Crippen LogP contribution in [-0.2, 0) is 17.9 Å². The highest BCUT2D eigenvalue weighted by atomic mass is 16.4. The first kappa shape index (κ1) is 17.6. The molecule has 1 N–H and O–H groups in total. The van der Waals surface area contributed by atoms with Crippen LogP contribution in [0.1, 0.15) is 46.5 Å². The molecule has 1 heterocycles. The summed E-state index contributed by atoms with van der Waals surface area (Å²) >= 11 is 0. The van der Waals surface area contributed by atoms with Crippen LogP contribution in [0.25, 0.3) is 0 Å². The van der Waals surface area contributed by atoms with E-state index >= 15 is 0 Å². The molecule has 5 nitrogen and oxygen atoms in total. The summed E-state index contributed by atoms with van der Waals surface area (Å²) in [6, 6.07) is 0. The molecule has 110 valence electrons. The van der Waals surface area contributed by atoms with Gasteiger partial charge in [0.25, 0.3) is 0 Å². The molecule has 0 amide bonds. The summed E-state index contributed by atoms with van der Waals surface area (Å²) in [5, 5.41) is 17.3. The van der Waals surface area contributed by atoms with Crippen LogP contribution in [-0.4, -0.2) is 21.7 Å². The van der Waals surface area contributed by atoms with Crippen LogP contribution in [0.3, 0.4) is 0 Å². The van der Waals surface area contributed by atoms with Crippen LogP contribution in [0.2, 0.25) is 0 Å². The lowest BCUT2D eigenvalue weighted by molar-refractivity contribution is -0.696. The fourth-order valence-corrected chi connectivity index (χ4v) is 1.38. The van der Waals surface area contributed by atoms with Gasteiger partial charge in [0, 0.05) is 0 Å². The molecule has 0 saturated carbocycles. The molecule has 1 rings (SSSR count). The lowest BCUT2D eigenvalue weighted by Gasteiger charge is -2.00. The zero-order chi connectivity index (χ0) is 14.7. The van der Waals surface area contributed by atoms with E-state index in [2.05, 4.69) is 41.7 Å². The molecule has 0 aliphatic rings. The largest absolute Gasteiger partial charge is 0.547 e. The number of nitrogens with zero attached hydrogens (tertiary/aromatic N) is 2. The molecule has 0 aromatic carbocycles. The van der Waals surface area contributed by atoms with Gasteiger partial charge in [0.2, 0.25) is 6.33 Å². The molecule has 0 spiro atoms. The van der Waals surface area contributed by atoms with Gasteiger partial charge >= 0.3 is 0 Å². The number of imidazole rings is 1. The SMILES string of the molecule is CC(O)C(=O)[O-].CCCCn1cc[n+](CCCC)c1. The number of carbonyl (C=O) groups excluding carboxylic acids is 1. The maximum Gasteiger partial charge on any atom is 0.243 e. The smallest absolute Gasteiger partial charge is 0.243 e. The van der Waals surface area contributed by atoms with Gasteiger partial charge in [-0.25, -0.2) is 9.13 Å². The molecule has 1 atom stereocenters. The summed E-state index contributed by atoms with van der Waals surface area (Å²) < 4.78 is 4.55. The van der Waals surface area contributed by atoms with Gasteiger partial charge in [-0.1, -0.05) is 26.7 Å². The first-order valence-corrected chi connectivity index (χ1v) is 6.95. The zero-order valence-electron chi connectivity index (χ0n) is 12.2. The summed E-state index contributed by atoms with van der Waals surface area (Å²) in [7, 11) is 0. The number of unbranched alkanes of at least 4 members (excludes halogenated alkanes) is 2. The van der Waals surface area contributed by atoms with E-state index in [0.29, 0.717) is 0 Å². The number of aliphatic hydroxyl groups is 1. The second kappa shape index (κ2) is 10.6. The lowest BCUT2D eigenvalue weighted by Crippen LogP contribution is -2.32. The van der Waals surface area contributed by atoms with Crippen molar-refractivity contribution in [2.24, 2.45) is 0 Å². The Morgan fingerprint density at radius 3 is 2.42 bits per heavy atom. The van der Waals surface area contributed by atoms with Crippen LogP contribution in [0, 0.1) is 0 Å². The predicted octanol–water partition coefficient (Wildman–Crippen LogP) is 0.493. The van der Waals surface area contributed by atoms with Crippen molar-refractivity contribution < 1.29 is 19.6 Å². The first-order chi connectivity index (χ1) is 9.01. The molecular formula is C14H26N2O3.